The number of nitrogens with one attached hydrogen (secondary N) is 2. The van der Waals surface area contributed by atoms with Crippen molar-refractivity contribution in [1.29, 1.82) is 5.26 Å². The summed E-state index contributed by atoms with van der Waals surface area (Å²) in [7, 11) is 0. The summed E-state index contributed by atoms with van der Waals surface area (Å²) in [6.45, 7) is 4.36. The van der Waals surface area contributed by atoms with E-state index < -0.39 is 11.9 Å². The van der Waals surface area contributed by atoms with Gasteiger partial charge in [0.2, 0.25) is 5.91 Å². The van der Waals surface area contributed by atoms with E-state index in [1.807, 2.05) is 37.3 Å². The van der Waals surface area contributed by atoms with E-state index in [1.165, 1.54) is 18.0 Å². The standard InChI is InChI=1S/C29H27N3O5S/c1-3-35-21-14-12-20(13-15-21)31-24(33)18-38-28-22(17-30)25(23-11-8-16-37-23)26(29(34)36-4-2)27(32-28)19-9-6-5-7-10-19/h5-16,25,32H,3-4,18H2,1-2H3,(H,31,33)/t25-/m0/s1. The molecule has 3 aromatic rings. The van der Waals surface area contributed by atoms with Gasteiger partial charge >= 0.3 is 5.97 Å². The summed E-state index contributed by atoms with van der Waals surface area (Å²) in [5, 5.41) is 16.8. The first-order chi connectivity index (χ1) is 18.5. The number of rotatable bonds is 10. The number of anilines is 1. The molecule has 0 radical (unpaired) electrons. The average molecular weight is 530 g/mol. The van der Waals surface area contributed by atoms with Crippen molar-refractivity contribution in [2.75, 3.05) is 24.3 Å². The average Bonchev–Trinajstić information content (AvgIpc) is 3.47. The van der Waals surface area contributed by atoms with Gasteiger partial charge in [0.05, 0.1) is 59.1 Å². The maximum atomic E-state index is 13.2. The summed E-state index contributed by atoms with van der Waals surface area (Å²) in [5.41, 5.74) is 2.40. The predicted molar refractivity (Wildman–Crippen MR) is 146 cm³/mol. The number of thioether (sulfide) groups is 1. The minimum absolute atomic E-state index is 0.0302. The Balaban J connectivity index is 1.65. The molecule has 9 heteroatoms. The van der Waals surface area contributed by atoms with Crippen LogP contribution in [0.25, 0.3) is 5.70 Å². The third-order valence-electron chi connectivity index (χ3n) is 5.63. The molecule has 1 amide bonds. The van der Waals surface area contributed by atoms with Crippen LogP contribution in [-0.2, 0) is 14.3 Å². The molecule has 0 unspecified atom stereocenters. The number of hydrogen-bond donors (Lipinski definition) is 2. The van der Waals surface area contributed by atoms with Gasteiger partial charge in [0.15, 0.2) is 0 Å². The summed E-state index contributed by atoms with van der Waals surface area (Å²) in [6.07, 6.45) is 1.49. The molecule has 1 aliphatic heterocycles. The highest BCUT2D eigenvalue weighted by Gasteiger charge is 2.38. The molecule has 194 valence electrons. The predicted octanol–water partition coefficient (Wildman–Crippen LogP) is 5.45. The number of esters is 1. The Morgan fingerprint density at radius 1 is 1.05 bits per heavy atom. The van der Waals surface area contributed by atoms with Crippen molar-refractivity contribution in [2.24, 2.45) is 0 Å². The third-order valence-corrected chi connectivity index (χ3v) is 6.65. The van der Waals surface area contributed by atoms with Crippen molar-refractivity contribution < 1.29 is 23.5 Å². The number of benzene rings is 2. The lowest BCUT2D eigenvalue weighted by Crippen LogP contribution is -2.29. The minimum atomic E-state index is -0.804. The zero-order valence-electron chi connectivity index (χ0n) is 21.0. The van der Waals surface area contributed by atoms with E-state index in [-0.39, 0.29) is 29.4 Å². The molecule has 0 saturated carbocycles. The zero-order valence-corrected chi connectivity index (χ0v) is 21.8. The van der Waals surface area contributed by atoms with E-state index >= 15 is 0 Å². The van der Waals surface area contributed by atoms with Crippen LogP contribution in [0.3, 0.4) is 0 Å². The Labute approximate surface area is 225 Å². The molecule has 4 rings (SSSR count). The van der Waals surface area contributed by atoms with E-state index in [4.69, 9.17) is 13.9 Å². The Kier molecular flexibility index (Phi) is 8.90. The fourth-order valence-corrected chi connectivity index (χ4v) is 4.88. The topological polar surface area (TPSA) is 114 Å². The lowest BCUT2D eigenvalue weighted by atomic mass is 9.84. The molecule has 0 spiro atoms. The highest BCUT2D eigenvalue weighted by molar-refractivity contribution is 8.03. The molecular weight excluding hydrogens is 502 g/mol. The maximum absolute atomic E-state index is 13.2. The van der Waals surface area contributed by atoms with Gasteiger partial charge in [0.1, 0.15) is 11.5 Å². The highest BCUT2D eigenvalue weighted by Crippen LogP contribution is 2.43. The van der Waals surface area contributed by atoms with E-state index in [0.29, 0.717) is 28.8 Å². The van der Waals surface area contributed by atoms with Crippen LogP contribution in [0.15, 0.2) is 93.6 Å². The van der Waals surface area contributed by atoms with Crippen molar-refractivity contribution in [3.8, 4) is 11.8 Å². The summed E-state index contributed by atoms with van der Waals surface area (Å²) in [6, 6.07) is 22.1. The minimum Gasteiger partial charge on any atom is -0.494 e. The first kappa shape index (κ1) is 26.6. The molecule has 0 bridgehead atoms. The number of dihydropyridines is 1. The van der Waals surface area contributed by atoms with Crippen LogP contribution < -0.4 is 15.4 Å². The van der Waals surface area contributed by atoms with Crippen LogP contribution in [0, 0.1) is 11.3 Å². The number of furan rings is 1. The van der Waals surface area contributed by atoms with E-state index in [9.17, 15) is 14.9 Å². The number of amides is 1. The van der Waals surface area contributed by atoms with Crippen LogP contribution >= 0.6 is 11.8 Å². The first-order valence-electron chi connectivity index (χ1n) is 12.1. The second kappa shape index (κ2) is 12.7. The first-order valence-corrected chi connectivity index (χ1v) is 13.1. The van der Waals surface area contributed by atoms with Crippen LogP contribution in [0.2, 0.25) is 0 Å². The number of carbonyl (C=O) groups excluding carboxylic acids is 2. The number of nitriles is 1. The number of carbonyl (C=O) groups is 2. The highest BCUT2D eigenvalue weighted by atomic mass is 32.2. The fourth-order valence-electron chi connectivity index (χ4n) is 4.03. The Morgan fingerprint density at radius 3 is 2.45 bits per heavy atom. The second-order valence-electron chi connectivity index (χ2n) is 8.10. The van der Waals surface area contributed by atoms with Crippen molar-refractivity contribution in [3.63, 3.8) is 0 Å². The number of allylic oxidation sites excluding steroid dienone is 1. The lowest BCUT2D eigenvalue weighted by Gasteiger charge is -2.29. The van der Waals surface area contributed by atoms with Gasteiger partial charge in [0, 0.05) is 5.69 Å². The maximum Gasteiger partial charge on any atom is 0.337 e. The molecule has 2 aromatic carbocycles. The molecule has 8 nitrogen and oxygen atoms in total. The Morgan fingerprint density at radius 2 is 1.82 bits per heavy atom. The van der Waals surface area contributed by atoms with Gasteiger partial charge in [-0.3, -0.25) is 4.79 Å². The summed E-state index contributed by atoms with van der Waals surface area (Å²) in [4.78, 5) is 26.0. The summed E-state index contributed by atoms with van der Waals surface area (Å²) >= 11 is 1.18. The quantitative estimate of drug-likeness (QED) is 0.334. The number of hydrogen-bond acceptors (Lipinski definition) is 8. The fraction of sp³-hybridized carbons (Fsp3) is 0.207. The molecule has 1 aliphatic rings. The molecule has 0 saturated heterocycles. The molecule has 0 aliphatic carbocycles. The normalized spacial score (nSPS) is 14.9. The van der Waals surface area contributed by atoms with Crippen LogP contribution in [0.5, 0.6) is 5.75 Å². The van der Waals surface area contributed by atoms with Crippen molar-refractivity contribution in [3.05, 3.63) is 100 Å². The van der Waals surface area contributed by atoms with Gasteiger partial charge in [-0.25, -0.2) is 4.79 Å². The van der Waals surface area contributed by atoms with Crippen LogP contribution in [0.4, 0.5) is 5.69 Å². The number of ether oxygens (including phenoxy) is 2. The third kappa shape index (κ3) is 6.10. The van der Waals surface area contributed by atoms with E-state index in [0.717, 1.165) is 11.3 Å². The van der Waals surface area contributed by atoms with E-state index in [2.05, 4.69) is 16.7 Å². The van der Waals surface area contributed by atoms with Gasteiger partial charge < -0.3 is 24.5 Å². The Hall–Kier alpha value is -4.42. The van der Waals surface area contributed by atoms with Crippen LogP contribution in [0.1, 0.15) is 31.1 Å². The van der Waals surface area contributed by atoms with Crippen molar-refractivity contribution in [1.82, 2.24) is 5.32 Å². The van der Waals surface area contributed by atoms with Gasteiger partial charge in [-0.15, -0.1) is 0 Å². The summed E-state index contributed by atoms with van der Waals surface area (Å²) in [5.74, 6) is -0.426. The molecule has 0 fully saturated rings. The van der Waals surface area contributed by atoms with Gasteiger partial charge in [-0.2, -0.15) is 5.26 Å². The van der Waals surface area contributed by atoms with Crippen LogP contribution in [-0.4, -0.2) is 30.8 Å². The molecule has 38 heavy (non-hydrogen) atoms. The molecule has 1 atom stereocenters. The van der Waals surface area contributed by atoms with Crippen molar-refractivity contribution >= 4 is 35.0 Å². The lowest BCUT2D eigenvalue weighted by molar-refractivity contribution is -0.138. The zero-order chi connectivity index (χ0) is 26.9. The monoisotopic (exact) mass is 529 g/mol. The molecular formula is C29H27N3O5S. The van der Waals surface area contributed by atoms with Gasteiger partial charge in [0.25, 0.3) is 0 Å². The van der Waals surface area contributed by atoms with Gasteiger partial charge in [-0.05, 0) is 55.8 Å². The van der Waals surface area contributed by atoms with Gasteiger partial charge in [-0.1, -0.05) is 42.1 Å². The second-order valence-corrected chi connectivity index (χ2v) is 9.08. The molecule has 2 N–H and O–H groups in total. The smallest absolute Gasteiger partial charge is 0.337 e. The molecule has 2 heterocycles. The number of nitrogens with zero attached hydrogens (tertiary/aromatic N) is 1. The molecule has 1 aromatic heterocycles. The Bertz CT molecular complexity index is 1370. The van der Waals surface area contributed by atoms with E-state index in [1.54, 1.807) is 43.3 Å². The van der Waals surface area contributed by atoms with Crippen molar-refractivity contribution in [2.45, 2.75) is 19.8 Å². The largest absolute Gasteiger partial charge is 0.494 e. The summed E-state index contributed by atoms with van der Waals surface area (Å²) < 4.78 is 16.5. The SMILES string of the molecule is CCOC(=O)C1=C(c2ccccc2)NC(SCC(=O)Nc2ccc(OCC)cc2)=C(C#N)[C@H]1c1ccco1.